The highest BCUT2D eigenvalue weighted by Crippen LogP contribution is 2.12. The van der Waals surface area contributed by atoms with E-state index in [2.05, 4.69) is 20.4 Å². The summed E-state index contributed by atoms with van der Waals surface area (Å²) in [5.74, 6) is 0.711. The first-order chi connectivity index (χ1) is 7.29. The predicted octanol–water partition coefficient (Wildman–Crippen LogP) is 0.596. The average Bonchev–Trinajstić information content (AvgIpc) is 2.67. The minimum absolute atomic E-state index is 0.711. The lowest BCUT2D eigenvalue weighted by Gasteiger charge is -1.99. The van der Waals surface area contributed by atoms with E-state index in [9.17, 15) is 0 Å². The van der Waals surface area contributed by atoms with Gasteiger partial charge in [0.25, 0.3) is 0 Å². The molecule has 15 heavy (non-hydrogen) atoms. The molecule has 2 aromatic heterocycles. The molecule has 0 amide bonds. The Morgan fingerprint density at radius 2 is 2.00 bits per heavy atom. The Morgan fingerprint density at radius 1 is 1.27 bits per heavy atom. The van der Waals surface area contributed by atoms with Crippen molar-refractivity contribution in [3.63, 3.8) is 0 Å². The summed E-state index contributed by atoms with van der Waals surface area (Å²) in [4.78, 5) is 8.55. The first kappa shape index (κ1) is 9.79. The van der Waals surface area contributed by atoms with E-state index >= 15 is 0 Å². The first-order valence-electron chi connectivity index (χ1n) is 4.74. The van der Waals surface area contributed by atoms with E-state index in [-0.39, 0.29) is 0 Å². The largest absolute Gasteiger partial charge is 0.316 e. The molecule has 78 valence electrons. The fourth-order valence-electron chi connectivity index (χ4n) is 1.34. The summed E-state index contributed by atoms with van der Waals surface area (Å²) in [5, 5.41) is 7.13. The van der Waals surface area contributed by atoms with Crippen molar-refractivity contribution in [2.45, 2.75) is 6.54 Å². The van der Waals surface area contributed by atoms with Gasteiger partial charge in [-0.15, -0.1) is 0 Å². The van der Waals surface area contributed by atoms with Crippen molar-refractivity contribution >= 4 is 0 Å². The Bertz CT molecular complexity index is 431. The van der Waals surface area contributed by atoms with Gasteiger partial charge < -0.3 is 5.32 Å². The molecular formula is C10H13N5. The van der Waals surface area contributed by atoms with E-state index in [0.29, 0.717) is 5.82 Å². The maximum Gasteiger partial charge on any atom is 0.162 e. The Labute approximate surface area is 88.2 Å². The SMILES string of the molecule is CNCc1cnc(-c2cnn(C)c2)nc1. The standard InChI is InChI=1S/C10H13N5/c1-11-3-8-4-12-10(13-5-8)9-6-14-15(2)7-9/h4-7,11H,3H2,1-2H3. The van der Waals surface area contributed by atoms with Gasteiger partial charge >= 0.3 is 0 Å². The van der Waals surface area contributed by atoms with E-state index < -0.39 is 0 Å². The van der Waals surface area contributed by atoms with Crippen molar-refractivity contribution in [2.75, 3.05) is 7.05 Å². The molecule has 0 saturated heterocycles. The molecule has 0 aliphatic heterocycles. The lowest BCUT2D eigenvalue weighted by molar-refractivity contribution is 0.768. The molecule has 5 heteroatoms. The van der Waals surface area contributed by atoms with Crippen molar-refractivity contribution < 1.29 is 0 Å². The Hall–Kier alpha value is -1.75. The number of nitrogens with zero attached hydrogens (tertiary/aromatic N) is 4. The second-order valence-corrected chi connectivity index (χ2v) is 3.35. The van der Waals surface area contributed by atoms with E-state index in [1.54, 1.807) is 10.9 Å². The highest BCUT2D eigenvalue weighted by molar-refractivity contribution is 5.51. The maximum atomic E-state index is 4.28. The molecule has 2 rings (SSSR count). The van der Waals surface area contributed by atoms with Crippen LogP contribution in [0.1, 0.15) is 5.56 Å². The first-order valence-corrected chi connectivity index (χ1v) is 4.74. The van der Waals surface area contributed by atoms with Crippen LogP contribution >= 0.6 is 0 Å². The summed E-state index contributed by atoms with van der Waals surface area (Å²) >= 11 is 0. The quantitative estimate of drug-likeness (QED) is 0.793. The molecular weight excluding hydrogens is 190 g/mol. The molecule has 0 aliphatic carbocycles. The molecule has 2 aromatic rings. The fourth-order valence-corrected chi connectivity index (χ4v) is 1.34. The third-order valence-electron chi connectivity index (χ3n) is 2.05. The zero-order valence-corrected chi connectivity index (χ0v) is 8.81. The van der Waals surface area contributed by atoms with Gasteiger partial charge in [-0.3, -0.25) is 4.68 Å². The van der Waals surface area contributed by atoms with Crippen LogP contribution in [0.4, 0.5) is 0 Å². The van der Waals surface area contributed by atoms with Crippen molar-refractivity contribution in [1.82, 2.24) is 25.1 Å². The number of rotatable bonds is 3. The monoisotopic (exact) mass is 203 g/mol. The minimum atomic E-state index is 0.711. The summed E-state index contributed by atoms with van der Waals surface area (Å²) in [5.41, 5.74) is 2.01. The summed E-state index contributed by atoms with van der Waals surface area (Å²) < 4.78 is 1.74. The minimum Gasteiger partial charge on any atom is -0.316 e. The number of hydrogen-bond donors (Lipinski definition) is 1. The summed E-state index contributed by atoms with van der Waals surface area (Å²) in [7, 11) is 3.77. The van der Waals surface area contributed by atoms with E-state index in [0.717, 1.165) is 17.7 Å². The normalized spacial score (nSPS) is 10.5. The van der Waals surface area contributed by atoms with Crippen molar-refractivity contribution in [2.24, 2.45) is 7.05 Å². The van der Waals surface area contributed by atoms with Gasteiger partial charge in [0.15, 0.2) is 5.82 Å². The molecule has 1 N–H and O–H groups in total. The molecule has 0 spiro atoms. The zero-order valence-electron chi connectivity index (χ0n) is 8.81. The number of hydrogen-bond acceptors (Lipinski definition) is 4. The third-order valence-corrected chi connectivity index (χ3v) is 2.05. The maximum absolute atomic E-state index is 4.28. The van der Waals surface area contributed by atoms with Gasteiger partial charge in [-0.1, -0.05) is 0 Å². The van der Waals surface area contributed by atoms with Crippen LogP contribution in [-0.4, -0.2) is 26.8 Å². The van der Waals surface area contributed by atoms with Crippen LogP contribution < -0.4 is 5.32 Å². The zero-order chi connectivity index (χ0) is 10.7. The summed E-state index contributed by atoms with van der Waals surface area (Å²) in [6, 6.07) is 0. The Balaban J connectivity index is 2.23. The van der Waals surface area contributed by atoms with Crippen LogP contribution in [0, 0.1) is 0 Å². The number of aryl methyl sites for hydroxylation is 1. The van der Waals surface area contributed by atoms with E-state index in [1.807, 2.05) is 32.7 Å². The number of aromatic nitrogens is 4. The molecule has 5 nitrogen and oxygen atoms in total. The van der Waals surface area contributed by atoms with Crippen molar-refractivity contribution in [1.29, 1.82) is 0 Å². The highest BCUT2D eigenvalue weighted by Gasteiger charge is 2.02. The molecule has 0 unspecified atom stereocenters. The molecule has 0 aliphatic rings. The summed E-state index contributed by atoms with van der Waals surface area (Å²) in [6.45, 7) is 0.785. The van der Waals surface area contributed by atoms with Crippen LogP contribution in [0.5, 0.6) is 0 Å². The van der Waals surface area contributed by atoms with Crippen molar-refractivity contribution in [3.8, 4) is 11.4 Å². The Kier molecular flexibility index (Phi) is 2.73. The lowest BCUT2D eigenvalue weighted by Crippen LogP contribution is -2.05. The second kappa shape index (κ2) is 4.18. The molecule has 0 radical (unpaired) electrons. The Morgan fingerprint density at radius 3 is 2.53 bits per heavy atom. The van der Waals surface area contributed by atoms with Crippen molar-refractivity contribution in [3.05, 3.63) is 30.4 Å². The van der Waals surface area contributed by atoms with Gasteiger partial charge in [0.1, 0.15) is 0 Å². The summed E-state index contributed by atoms with van der Waals surface area (Å²) in [6.07, 6.45) is 7.30. The highest BCUT2D eigenvalue weighted by atomic mass is 15.2. The van der Waals surface area contributed by atoms with Crippen LogP contribution in [0.25, 0.3) is 11.4 Å². The van der Waals surface area contributed by atoms with E-state index in [4.69, 9.17) is 0 Å². The predicted molar refractivity (Wildman–Crippen MR) is 57.0 cm³/mol. The number of nitrogens with one attached hydrogen (secondary N) is 1. The van der Waals surface area contributed by atoms with Gasteiger partial charge in [0, 0.05) is 37.7 Å². The molecule has 0 aromatic carbocycles. The van der Waals surface area contributed by atoms with Gasteiger partial charge in [0.2, 0.25) is 0 Å². The van der Waals surface area contributed by atoms with Gasteiger partial charge in [0.05, 0.1) is 11.8 Å². The van der Waals surface area contributed by atoms with Gasteiger partial charge in [-0.25, -0.2) is 9.97 Å². The average molecular weight is 203 g/mol. The lowest BCUT2D eigenvalue weighted by atomic mass is 10.3. The van der Waals surface area contributed by atoms with Crippen LogP contribution in [0.2, 0.25) is 0 Å². The molecule has 2 heterocycles. The molecule has 0 fully saturated rings. The van der Waals surface area contributed by atoms with Gasteiger partial charge in [-0.2, -0.15) is 5.10 Å². The molecule has 0 bridgehead atoms. The molecule has 0 atom stereocenters. The van der Waals surface area contributed by atoms with Crippen LogP contribution in [-0.2, 0) is 13.6 Å². The van der Waals surface area contributed by atoms with E-state index in [1.165, 1.54) is 0 Å². The molecule has 0 saturated carbocycles. The third kappa shape index (κ3) is 2.19. The van der Waals surface area contributed by atoms with Crippen LogP contribution in [0.3, 0.4) is 0 Å². The fraction of sp³-hybridized carbons (Fsp3) is 0.300. The smallest absolute Gasteiger partial charge is 0.162 e. The topological polar surface area (TPSA) is 55.6 Å². The van der Waals surface area contributed by atoms with Crippen LogP contribution in [0.15, 0.2) is 24.8 Å². The second-order valence-electron chi connectivity index (χ2n) is 3.35. The van der Waals surface area contributed by atoms with Gasteiger partial charge in [-0.05, 0) is 7.05 Å².